The van der Waals surface area contributed by atoms with Gasteiger partial charge >= 0.3 is 0 Å². The van der Waals surface area contributed by atoms with Crippen molar-refractivity contribution >= 4 is 0 Å². The second kappa shape index (κ2) is 3.68. The highest BCUT2D eigenvalue weighted by molar-refractivity contribution is 5.30. The van der Waals surface area contributed by atoms with Gasteiger partial charge in [0.05, 0.1) is 6.04 Å². The highest BCUT2D eigenvalue weighted by Gasteiger charge is 2.05. The summed E-state index contributed by atoms with van der Waals surface area (Å²) in [6, 6.07) is 5.44. The molecule has 1 nitrogen and oxygen atoms in total. The second-order valence-corrected chi connectivity index (χ2v) is 3.18. The molecule has 1 aromatic rings. The van der Waals surface area contributed by atoms with E-state index in [0.29, 0.717) is 0 Å². The van der Waals surface area contributed by atoms with Gasteiger partial charge < -0.3 is 5.73 Å². The molecule has 2 heteroatoms. The lowest BCUT2D eigenvalue weighted by molar-refractivity contribution is 0.437. The molecule has 1 atom stereocenters. The Bertz CT molecular complexity index is 250. The van der Waals surface area contributed by atoms with Crippen molar-refractivity contribution in [2.45, 2.75) is 19.9 Å². The van der Waals surface area contributed by atoms with Gasteiger partial charge in [0.2, 0.25) is 0 Å². The summed E-state index contributed by atoms with van der Waals surface area (Å²) in [5.74, 6) is 0. The van der Waals surface area contributed by atoms with Gasteiger partial charge in [-0.15, -0.1) is 0 Å². The number of rotatable bonds is 2. The summed E-state index contributed by atoms with van der Waals surface area (Å²) in [7, 11) is 0. The largest absolute Gasteiger partial charge is 0.322 e. The topological polar surface area (TPSA) is 26.0 Å². The van der Waals surface area contributed by atoms with Crippen molar-refractivity contribution in [3.63, 3.8) is 0 Å². The van der Waals surface area contributed by atoms with Gasteiger partial charge in [0.25, 0.3) is 0 Å². The van der Waals surface area contributed by atoms with Crippen molar-refractivity contribution in [1.82, 2.24) is 0 Å². The van der Waals surface area contributed by atoms with Crippen LogP contribution in [0.15, 0.2) is 18.2 Å². The smallest absolute Gasteiger partial charge is 0.109 e. The predicted molar refractivity (Wildman–Crippen MR) is 48.8 cm³/mol. The number of aryl methyl sites for hydroxylation is 2. The first-order chi connectivity index (χ1) is 5.63. The molecular weight excluding hydrogens is 153 g/mol. The number of nitrogens with two attached hydrogens (primary N) is 1. The van der Waals surface area contributed by atoms with Gasteiger partial charge in [-0.3, -0.25) is 0 Å². The summed E-state index contributed by atoms with van der Waals surface area (Å²) in [6.45, 7) is 3.48. The zero-order valence-electron chi connectivity index (χ0n) is 7.47. The molecule has 0 aromatic heterocycles. The van der Waals surface area contributed by atoms with E-state index in [-0.39, 0.29) is 0 Å². The minimum absolute atomic E-state index is 0.469. The molecule has 0 heterocycles. The Morgan fingerprint density at radius 3 is 2.17 bits per heavy atom. The van der Waals surface area contributed by atoms with Gasteiger partial charge in [0.15, 0.2) is 0 Å². The molecule has 0 fully saturated rings. The van der Waals surface area contributed by atoms with E-state index >= 15 is 0 Å². The summed E-state index contributed by atoms with van der Waals surface area (Å²) < 4.78 is 12.2. The van der Waals surface area contributed by atoms with E-state index in [0.717, 1.165) is 16.7 Å². The van der Waals surface area contributed by atoms with Crippen molar-refractivity contribution in [2.75, 3.05) is 6.67 Å². The maximum Gasteiger partial charge on any atom is 0.109 e. The van der Waals surface area contributed by atoms with Crippen LogP contribution in [0.25, 0.3) is 0 Å². The van der Waals surface area contributed by atoms with E-state index in [4.69, 9.17) is 5.73 Å². The molecular formula is C10H14FN. The quantitative estimate of drug-likeness (QED) is 0.718. The zero-order valence-corrected chi connectivity index (χ0v) is 7.47. The van der Waals surface area contributed by atoms with E-state index in [1.807, 2.05) is 26.0 Å². The van der Waals surface area contributed by atoms with Gasteiger partial charge in [-0.1, -0.05) is 29.3 Å². The van der Waals surface area contributed by atoms with Gasteiger partial charge in [0, 0.05) is 0 Å². The lowest BCUT2D eigenvalue weighted by atomic mass is 10.0. The van der Waals surface area contributed by atoms with Crippen LogP contribution in [0.5, 0.6) is 0 Å². The van der Waals surface area contributed by atoms with E-state index < -0.39 is 12.7 Å². The fraction of sp³-hybridized carbons (Fsp3) is 0.400. The van der Waals surface area contributed by atoms with Crippen molar-refractivity contribution in [1.29, 1.82) is 0 Å². The Balaban J connectivity index is 3.00. The van der Waals surface area contributed by atoms with E-state index in [9.17, 15) is 4.39 Å². The van der Waals surface area contributed by atoms with Crippen LogP contribution in [0.4, 0.5) is 4.39 Å². The molecule has 12 heavy (non-hydrogen) atoms. The predicted octanol–water partition coefficient (Wildman–Crippen LogP) is 2.27. The number of hydrogen-bond acceptors (Lipinski definition) is 1. The van der Waals surface area contributed by atoms with Crippen LogP contribution in [0.3, 0.4) is 0 Å². The van der Waals surface area contributed by atoms with E-state index in [1.54, 1.807) is 0 Å². The van der Waals surface area contributed by atoms with Gasteiger partial charge in [-0.25, -0.2) is 4.39 Å². The fourth-order valence-corrected chi connectivity index (χ4v) is 1.31. The molecule has 0 radical (unpaired) electrons. The third-order valence-corrected chi connectivity index (χ3v) is 1.84. The monoisotopic (exact) mass is 167 g/mol. The van der Waals surface area contributed by atoms with Crippen molar-refractivity contribution in [3.05, 3.63) is 34.9 Å². The van der Waals surface area contributed by atoms with Crippen LogP contribution in [0.1, 0.15) is 22.7 Å². The molecule has 66 valence electrons. The van der Waals surface area contributed by atoms with Crippen LogP contribution >= 0.6 is 0 Å². The third kappa shape index (κ3) is 2.05. The highest BCUT2D eigenvalue weighted by atomic mass is 19.1. The van der Waals surface area contributed by atoms with Crippen molar-refractivity contribution in [3.8, 4) is 0 Å². The van der Waals surface area contributed by atoms with E-state index in [1.165, 1.54) is 0 Å². The second-order valence-electron chi connectivity index (χ2n) is 3.18. The van der Waals surface area contributed by atoms with Gasteiger partial charge in [0.1, 0.15) is 6.67 Å². The minimum Gasteiger partial charge on any atom is -0.322 e. The average Bonchev–Trinajstić information content (AvgIpc) is 2.01. The molecule has 0 aliphatic carbocycles. The fourth-order valence-electron chi connectivity index (χ4n) is 1.31. The first-order valence-electron chi connectivity index (χ1n) is 4.03. The van der Waals surface area contributed by atoms with Crippen LogP contribution in [0, 0.1) is 13.8 Å². The Hall–Kier alpha value is -0.890. The SMILES string of the molecule is Cc1cc(C)cc([C@H](N)CF)c1. The lowest BCUT2D eigenvalue weighted by Crippen LogP contribution is -2.12. The average molecular weight is 167 g/mol. The molecule has 0 spiro atoms. The molecule has 0 aliphatic rings. The molecule has 1 rings (SSSR count). The summed E-state index contributed by atoms with van der Waals surface area (Å²) >= 11 is 0. The first-order valence-corrected chi connectivity index (χ1v) is 4.03. The van der Waals surface area contributed by atoms with Crippen molar-refractivity contribution in [2.24, 2.45) is 5.73 Å². The summed E-state index contributed by atoms with van der Waals surface area (Å²) in [6.07, 6.45) is 0. The molecule has 1 aromatic carbocycles. The molecule has 0 unspecified atom stereocenters. The molecule has 0 bridgehead atoms. The molecule has 0 aliphatic heterocycles. The van der Waals surface area contributed by atoms with Gasteiger partial charge in [-0.05, 0) is 19.4 Å². The number of halogens is 1. The maximum absolute atomic E-state index is 12.2. The first kappa shape index (κ1) is 9.20. The summed E-state index contributed by atoms with van der Waals surface area (Å²) in [4.78, 5) is 0. The number of hydrogen-bond donors (Lipinski definition) is 1. The van der Waals surface area contributed by atoms with Crippen LogP contribution < -0.4 is 5.73 Å². The maximum atomic E-state index is 12.2. The zero-order chi connectivity index (χ0) is 9.14. The highest BCUT2D eigenvalue weighted by Crippen LogP contribution is 2.15. The normalized spacial score (nSPS) is 13.0. The summed E-state index contributed by atoms with van der Waals surface area (Å²) in [5, 5.41) is 0. The minimum atomic E-state index is -0.497. The molecule has 2 N–H and O–H groups in total. The Labute approximate surface area is 72.4 Å². The van der Waals surface area contributed by atoms with Crippen LogP contribution in [-0.4, -0.2) is 6.67 Å². The molecule has 0 amide bonds. The Morgan fingerprint density at radius 1 is 1.25 bits per heavy atom. The summed E-state index contributed by atoms with van der Waals surface area (Å²) in [5.41, 5.74) is 8.71. The number of alkyl halides is 1. The third-order valence-electron chi connectivity index (χ3n) is 1.84. The standard InChI is InChI=1S/C10H14FN/c1-7-3-8(2)5-9(4-7)10(12)6-11/h3-5,10H,6,12H2,1-2H3/t10-/m1/s1. The lowest BCUT2D eigenvalue weighted by Gasteiger charge is -2.09. The van der Waals surface area contributed by atoms with Crippen LogP contribution in [-0.2, 0) is 0 Å². The Morgan fingerprint density at radius 2 is 1.75 bits per heavy atom. The van der Waals surface area contributed by atoms with E-state index in [2.05, 4.69) is 6.07 Å². The number of benzene rings is 1. The Kier molecular flexibility index (Phi) is 2.82. The molecule has 0 saturated heterocycles. The van der Waals surface area contributed by atoms with Crippen molar-refractivity contribution < 1.29 is 4.39 Å². The molecule has 0 saturated carbocycles. The van der Waals surface area contributed by atoms with Gasteiger partial charge in [-0.2, -0.15) is 0 Å². The van der Waals surface area contributed by atoms with Crippen LogP contribution in [0.2, 0.25) is 0 Å².